The van der Waals surface area contributed by atoms with Crippen LogP contribution in [0.4, 0.5) is 10.3 Å². The quantitative estimate of drug-likeness (QED) is 0.914. The summed E-state index contributed by atoms with van der Waals surface area (Å²) in [4.78, 5) is 10.5. The largest absolute Gasteiger partial charge is 0.342 e. The van der Waals surface area contributed by atoms with Gasteiger partial charge in [-0.25, -0.2) is 14.4 Å². The number of hydrogen-bond acceptors (Lipinski definition) is 4. The fourth-order valence-electron chi connectivity index (χ4n) is 1.82. The summed E-state index contributed by atoms with van der Waals surface area (Å²) >= 11 is 0. The molecule has 0 radical (unpaired) electrons. The second-order valence-electron chi connectivity index (χ2n) is 4.64. The van der Waals surface area contributed by atoms with Crippen LogP contribution in [0.1, 0.15) is 6.92 Å². The Morgan fingerprint density at radius 3 is 2.26 bits per heavy atom. The maximum atomic E-state index is 12.8. The molecule has 0 spiro atoms. The fourth-order valence-corrected chi connectivity index (χ4v) is 1.82. The number of likely N-dealkylation sites (N-methyl/N-ethyl adjacent to an activating group) is 1. The molecule has 1 heterocycles. The van der Waals surface area contributed by atoms with E-state index in [0.717, 1.165) is 11.1 Å². The number of anilines is 1. The summed E-state index contributed by atoms with van der Waals surface area (Å²) in [7, 11) is 1.90. The van der Waals surface area contributed by atoms with Crippen LogP contribution in [0.5, 0.6) is 0 Å². The van der Waals surface area contributed by atoms with Gasteiger partial charge in [-0.15, -0.1) is 0 Å². The highest BCUT2D eigenvalue weighted by molar-refractivity contribution is 5.61. The van der Waals surface area contributed by atoms with Crippen molar-refractivity contribution in [1.82, 2.24) is 9.97 Å². The number of benzene rings is 1. The highest BCUT2D eigenvalue weighted by atomic mass is 19.1. The van der Waals surface area contributed by atoms with Crippen LogP contribution in [0, 0.1) is 5.82 Å². The normalized spacial score (nSPS) is 12.2. The van der Waals surface area contributed by atoms with Gasteiger partial charge in [-0.05, 0) is 24.6 Å². The number of nitrogens with zero attached hydrogens (tertiary/aromatic N) is 3. The monoisotopic (exact) mass is 260 g/mol. The average molecular weight is 260 g/mol. The lowest BCUT2D eigenvalue weighted by Gasteiger charge is -2.18. The number of nitrogens with two attached hydrogens (primary N) is 1. The molecule has 5 heteroatoms. The minimum absolute atomic E-state index is 0.0605. The molecular formula is C14H17FN4. The first kappa shape index (κ1) is 13.4. The molecule has 0 aliphatic rings. The van der Waals surface area contributed by atoms with E-state index in [1.54, 1.807) is 24.5 Å². The van der Waals surface area contributed by atoms with E-state index < -0.39 is 0 Å². The van der Waals surface area contributed by atoms with Crippen LogP contribution in [-0.4, -0.2) is 29.6 Å². The van der Waals surface area contributed by atoms with Crippen molar-refractivity contribution in [2.45, 2.75) is 13.0 Å². The van der Waals surface area contributed by atoms with Crippen molar-refractivity contribution in [3.05, 3.63) is 42.5 Å². The van der Waals surface area contributed by atoms with E-state index in [9.17, 15) is 4.39 Å². The first-order valence-corrected chi connectivity index (χ1v) is 6.11. The van der Waals surface area contributed by atoms with Crippen LogP contribution in [0.15, 0.2) is 36.7 Å². The maximum Gasteiger partial charge on any atom is 0.225 e. The van der Waals surface area contributed by atoms with Crippen LogP contribution in [0.25, 0.3) is 11.1 Å². The molecule has 0 saturated carbocycles. The van der Waals surface area contributed by atoms with Crippen molar-refractivity contribution >= 4 is 5.95 Å². The SMILES string of the molecule is CC(N)CN(C)c1ncc(-c2ccc(F)cc2)cn1. The van der Waals surface area contributed by atoms with Gasteiger partial charge in [-0.1, -0.05) is 12.1 Å². The average Bonchev–Trinajstić information content (AvgIpc) is 2.39. The molecule has 19 heavy (non-hydrogen) atoms. The molecule has 0 amide bonds. The summed E-state index contributed by atoms with van der Waals surface area (Å²) in [5.41, 5.74) is 7.48. The van der Waals surface area contributed by atoms with Gasteiger partial charge < -0.3 is 10.6 Å². The van der Waals surface area contributed by atoms with Crippen LogP contribution in [-0.2, 0) is 0 Å². The summed E-state index contributed by atoms with van der Waals surface area (Å²) in [5.74, 6) is 0.376. The molecule has 100 valence electrons. The van der Waals surface area contributed by atoms with E-state index in [1.165, 1.54) is 12.1 Å². The number of hydrogen-bond donors (Lipinski definition) is 1. The zero-order valence-electron chi connectivity index (χ0n) is 11.0. The zero-order valence-corrected chi connectivity index (χ0v) is 11.0. The molecule has 2 aromatic rings. The van der Waals surface area contributed by atoms with Gasteiger partial charge in [0.2, 0.25) is 5.95 Å². The van der Waals surface area contributed by atoms with Gasteiger partial charge >= 0.3 is 0 Å². The minimum atomic E-state index is -0.252. The number of halogens is 1. The summed E-state index contributed by atoms with van der Waals surface area (Å²) in [5, 5.41) is 0. The topological polar surface area (TPSA) is 55.0 Å². The Labute approximate surface area is 112 Å². The molecule has 0 fully saturated rings. The van der Waals surface area contributed by atoms with E-state index in [1.807, 2.05) is 18.9 Å². The van der Waals surface area contributed by atoms with Gasteiger partial charge in [0.1, 0.15) is 5.82 Å². The maximum absolute atomic E-state index is 12.8. The molecular weight excluding hydrogens is 243 g/mol. The van der Waals surface area contributed by atoms with Crippen molar-refractivity contribution in [2.24, 2.45) is 5.73 Å². The second-order valence-corrected chi connectivity index (χ2v) is 4.64. The Kier molecular flexibility index (Phi) is 4.06. The Morgan fingerprint density at radius 2 is 1.74 bits per heavy atom. The molecule has 1 aromatic carbocycles. The molecule has 0 aliphatic heterocycles. The van der Waals surface area contributed by atoms with Crippen molar-refractivity contribution < 1.29 is 4.39 Å². The predicted octanol–water partition coefficient (Wildman–Crippen LogP) is 2.07. The lowest BCUT2D eigenvalue weighted by molar-refractivity contribution is 0.628. The summed E-state index contributed by atoms with van der Waals surface area (Å²) in [6.07, 6.45) is 3.46. The molecule has 1 atom stereocenters. The summed E-state index contributed by atoms with van der Waals surface area (Å²) in [6, 6.07) is 6.32. The van der Waals surface area contributed by atoms with Crippen LogP contribution >= 0.6 is 0 Å². The van der Waals surface area contributed by atoms with E-state index >= 15 is 0 Å². The van der Waals surface area contributed by atoms with Gasteiger partial charge in [0.15, 0.2) is 0 Å². The first-order valence-electron chi connectivity index (χ1n) is 6.11. The van der Waals surface area contributed by atoms with Crippen molar-refractivity contribution in [3.63, 3.8) is 0 Å². The molecule has 0 bridgehead atoms. The molecule has 2 N–H and O–H groups in total. The molecule has 1 unspecified atom stereocenters. The third kappa shape index (κ3) is 3.48. The van der Waals surface area contributed by atoms with Crippen molar-refractivity contribution in [1.29, 1.82) is 0 Å². The van der Waals surface area contributed by atoms with Gasteiger partial charge in [0.25, 0.3) is 0 Å². The lowest BCUT2D eigenvalue weighted by Crippen LogP contribution is -2.33. The second kappa shape index (κ2) is 5.75. The van der Waals surface area contributed by atoms with Crippen molar-refractivity contribution in [3.8, 4) is 11.1 Å². The zero-order chi connectivity index (χ0) is 13.8. The predicted molar refractivity (Wildman–Crippen MR) is 74.3 cm³/mol. The smallest absolute Gasteiger partial charge is 0.225 e. The van der Waals surface area contributed by atoms with E-state index in [0.29, 0.717) is 12.5 Å². The van der Waals surface area contributed by atoms with E-state index in [-0.39, 0.29) is 11.9 Å². The van der Waals surface area contributed by atoms with Crippen LogP contribution < -0.4 is 10.6 Å². The van der Waals surface area contributed by atoms with Gasteiger partial charge in [0, 0.05) is 37.6 Å². The highest BCUT2D eigenvalue weighted by Gasteiger charge is 2.07. The van der Waals surface area contributed by atoms with E-state index in [2.05, 4.69) is 9.97 Å². The molecule has 2 rings (SSSR count). The number of rotatable bonds is 4. The van der Waals surface area contributed by atoms with Gasteiger partial charge in [0.05, 0.1) is 0 Å². The Balaban J connectivity index is 2.16. The molecule has 4 nitrogen and oxygen atoms in total. The van der Waals surface area contributed by atoms with Crippen molar-refractivity contribution in [2.75, 3.05) is 18.5 Å². The fraction of sp³-hybridized carbons (Fsp3) is 0.286. The third-order valence-electron chi connectivity index (χ3n) is 2.72. The molecule has 0 saturated heterocycles. The van der Waals surface area contributed by atoms with Crippen LogP contribution in [0.2, 0.25) is 0 Å². The van der Waals surface area contributed by atoms with E-state index in [4.69, 9.17) is 5.73 Å². The minimum Gasteiger partial charge on any atom is -0.342 e. The van der Waals surface area contributed by atoms with Gasteiger partial charge in [-0.2, -0.15) is 0 Å². The van der Waals surface area contributed by atoms with Crippen LogP contribution in [0.3, 0.4) is 0 Å². The molecule has 0 aliphatic carbocycles. The molecule has 1 aromatic heterocycles. The summed E-state index contributed by atoms with van der Waals surface area (Å²) in [6.45, 7) is 2.62. The highest BCUT2D eigenvalue weighted by Crippen LogP contribution is 2.18. The Hall–Kier alpha value is -2.01. The third-order valence-corrected chi connectivity index (χ3v) is 2.72. The number of aromatic nitrogens is 2. The first-order chi connectivity index (χ1) is 9.06. The standard InChI is InChI=1S/C14H17FN4/c1-10(16)9-19(2)14-17-7-12(8-18-14)11-3-5-13(15)6-4-11/h3-8,10H,9,16H2,1-2H3. The lowest BCUT2D eigenvalue weighted by atomic mass is 10.1. The van der Waals surface area contributed by atoms with Gasteiger partial charge in [-0.3, -0.25) is 0 Å². The summed E-state index contributed by atoms with van der Waals surface area (Å²) < 4.78 is 12.8. The Morgan fingerprint density at radius 1 is 1.16 bits per heavy atom. The Bertz CT molecular complexity index is 522.